The number of amides is 1. The maximum atomic E-state index is 15.9. The van der Waals surface area contributed by atoms with Gasteiger partial charge in [-0.25, -0.2) is 26.3 Å². The Morgan fingerprint density at radius 3 is 2.44 bits per heavy atom. The lowest BCUT2D eigenvalue weighted by atomic mass is 9.92. The first-order chi connectivity index (χ1) is 15.1. The highest BCUT2D eigenvalue weighted by molar-refractivity contribution is 7.88. The third-order valence-electron chi connectivity index (χ3n) is 6.17. The Morgan fingerprint density at radius 1 is 1.22 bits per heavy atom. The molecule has 4 atom stereocenters. The summed E-state index contributed by atoms with van der Waals surface area (Å²) in [6.07, 6.45) is 1.26. The topological polar surface area (TPSA) is 86.7 Å². The molecule has 1 aliphatic heterocycles. The molecule has 1 amide bonds. The lowest BCUT2D eigenvalue weighted by Gasteiger charge is -2.45. The smallest absolute Gasteiger partial charge is 0.229 e. The normalized spacial score (nSPS) is 25.8. The molecule has 0 radical (unpaired) electrons. The highest BCUT2D eigenvalue weighted by Gasteiger charge is 2.63. The first-order valence-electron chi connectivity index (χ1n) is 10.2. The van der Waals surface area contributed by atoms with Gasteiger partial charge in [0, 0.05) is 13.0 Å². The van der Waals surface area contributed by atoms with Gasteiger partial charge in [0.15, 0.2) is 0 Å². The second-order valence-electron chi connectivity index (χ2n) is 8.33. The van der Waals surface area contributed by atoms with Gasteiger partial charge in [0.2, 0.25) is 15.9 Å². The van der Waals surface area contributed by atoms with E-state index in [1.54, 1.807) is 12.1 Å². The van der Waals surface area contributed by atoms with Crippen molar-refractivity contribution >= 4 is 15.9 Å². The van der Waals surface area contributed by atoms with Gasteiger partial charge in [0.05, 0.1) is 36.4 Å². The van der Waals surface area contributed by atoms with E-state index in [4.69, 9.17) is 0 Å². The minimum absolute atomic E-state index is 0.0346. The molecule has 1 heterocycles. The van der Waals surface area contributed by atoms with Gasteiger partial charge >= 0.3 is 0 Å². The van der Waals surface area contributed by atoms with Gasteiger partial charge in [-0.15, -0.1) is 0 Å². The summed E-state index contributed by atoms with van der Waals surface area (Å²) in [5.74, 6) is -3.23. The zero-order chi connectivity index (χ0) is 23.3. The van der Waals surface area contributed by atoms with Crippen LogP contribution in [-0.4, -0.2) is 55.8 Å². The molecule has 10 heteroatoms. The van der Waals surface area contributed by atoms with E-state index in [0.29, 0.717) is 13.0 Å². The fourth-order valence-electron chi connectivity index (χ4n) is 4.45. The lowest BCUT2D eigenvalue weighted by Crippen LogP contribution is -2.62. The van der Waals surface area contributed by atoms with E-state index in [9.17, 15) is 27.1 Å². The molecular formula is C22H23F3N2O4S. The average molecular weight is 468 g/mol. The predicted octanol–water partition coefficient (Wildman–Crippen LogP) is 2.33. The van der Waals surface area contributed by atoms with Crippen molar-refractivity contribution in [3.8, 4) is 11.1 Å². The molecule has 0 unspecified atom stereocenters. The summed E-state index contributed by atoms with van der Waals surface area (Å²) in [6.45, 7) is -0.204. The summed E-state index contributed by atoms with van der Waals surface area (Å²) in [5, 5.41) is 9.56. The minimum Gasteiger partial charge on any atom is -0.395 e. The van der Waals surface area contributed by atoms with Gasteiger partial charge < -0.3 is 10.0 Å². The number of aliphatic hydroxyl groups is 1. The Kier molecular flexibility index (Phi) is 5.81. The first kappa shape index (κ1) is 22.8. The molecule has 2 fully saturated rings. The maximum Gasteiger partial charge on any atom is 0.229 e. The summed E-state index contributed by atoms with van der Waals surface area (Å²) >= 11 is 0. The van der Waals surface area contributed by atoms with Crippen LogP contribution in [0.25, 0.3) is 11.1 Å². The van der Waals surface area contributed by atoms with Crippen LogP contribution in [0.1, 0.15) is 18.4 Å². The second-order valence-corrected chi connectivity index (χ2v) is 10.1. The van der Waals surface area contributed by atoms with Crippen molar-refractivity contribution in [3.63, 3.8) is 0 Å². The van der Waals surface area contributed by atoms with Gasteiger partial charge in [-0.3, -0.25) is 4.79 Å². The standard InChI is InChI=1S/C22H23F3N2O4S/c1-32(30,31)26-18(12-28)19-9-10-27(19)21(29)15-11-22(15,25)14-6-3-2-5-13(14)20-16(23)7-4-8-17(20)24/h2-8,15,18-19,26,28H,9-12H2,1H3/t15-,18-,19+,22+/m0/s1. The third-order valence-corrected chi connectivity index (χ3v) is 6.91. The van der Waals surface area contributed by atoms with E-state index in [0.717, 1.165) is 18.4 Å². The molecule has 32 heavy (non-hydrogen) atoms. The van der Waals surface area contributed by atoms with Crippen LogP contribution in [0.5, 0.6) is 0 Å². The summed E-state index contributed by atoms with van der Waals surface area (Å²) in [7, 11) is -3.61. The van der Waals surface area contributed by atoms with Crippen molar-refractivity contribution in [3.05, 3.63) is 59.7 Å². The number of rotatable bonds is 7. The van der Waals surface area contributed by atoms with E-state index in [1.165, 1.54) is 23.1 Å². The van der Waals surface area contributed by atoms with Crippen LogP contribution >= 0.6 is 0 Å². The minimum atomic E-state index is -3.61. The number of alkyl halides is 1. The number of benzene rings is 2. The zero-order valence-electron chi connectivity index (χ0n) is 17.3. The maximum absolute atomic E-state index is 15.9. The number of nitrogens with zero attached hydrogens (tertiary/aromatic N) is 1. The largest absolute Gasteiger partial charge is 0.395 e. The first-order valence-corrected chi connectivity index (χ1v) is 12.1. The highest BCUT2D eigenvalue weighted by Crippen LogP contribution is 2.59. The summed E-state index contributed by atoms with van der Waals surface area (Å²) in [4.78, 5) is 14.4. The van der Waals surface area contributed by atoms with Crippen LogP contribution in [0.3, 0.4) is 0 Å². The Hall–Kier alpha value is -2.43. The highest BCUT2D eigenvalue weighted by atomic mass is 32.2. The van der Waals surface area contributed by atoms with Gasteiger partial charge in [-0.2, -0.15) is 0 Å². The number of nitrogens with one attached hydrogen (secondary N) is 1. The van der Waals surface area contributed by atoms with Gasteiger partial charge in [-0.1, -0.05) is 30.3 Å². The molecule has 2 aromatic carbocycles. The van der Waals surface area contributed by atoms with E-state index in [1.807, 2.05) is 0 Å². The Bertz CT molecular complexity index is 1140. The third kappa shape index (κ3) is 4.02. The average Bonchev–Trinajstić information content (AvgIpc) is 3.38. The molecule has 0 aromatic heterocycles. The predicted molar refractivity (Wildman–Crippen MR) is 112 cm³/mol. The van der Waals surface area contributed by atoms with Crippen LogP contribution in [0.4, 0.5) is 13.2 Å². The van der Waals surface area contributed by atoms with Crippen LogP contribution < -0.4 is 4.72 Å². The Morgan fingerprint density at radius 2 is 1.88 bits per heavy atom. The number of hydrogen-bond donors (Lipinski definition) is 2. The number of carbonyl (C=O) groups is 1. The van der Waals surface area contributed by atoms with E-state index < -0.39 is 57.8 Å². The van der Waals surface area contributed by atoms with Crippen LogP contribution in [0.2, 0.25) is 0 Å². The van der Waals surface area contributed by atoms with E-state index >= 15 is 4.39 Å². The molecule has 172 valence electrons. The molecule has 6 nitrogen and oxygen atoms in total. The molecule has 2 aromatic rings. The SMILES string of the molecule is CS(=O)(=O)N[C@@H](CO)[C@H]1CCN1C(=O)[C@@H]1C[C@@]1(F)c1ccccc1-c1c(F)cccc1F. The van der Waals surface area contributed by atoms with Gasteiger partial charge in [-0.05, 0) is 29.7 Å². The number of hydrogen-bond acceptors (Lipinski definition) is 4. The number of carbonyl (C=O) groups excluding carboxylic acids is 1. The Labute approximate surface area is 184 Å². The molecule has 4 rings (SSSR count). The number of halogens is 3. The second kappa shape index (κ2) is 8.17. The summed E-state index contributed by atoms with van der Waals surface area (Å²) in [6, 6.07) is 7.84. The number of sulfonamides is 1. The lowest BCUT2D eigenvalue weighted by molar-refractivity contribution is -0.143. The molecule has 1 saturated heterocycles. The fourth-order valence-corrected chi connectivity index (χ4v) is 5.23. The number of aliphatic hydroxyl groups excluding tert-OH is 1. The van der Waals surface area contributed by atoms with Crippen molar-refractivity contribution in [2.24, 2.45) is 5.92 Å². The monoisotopic (exact) mass is 468 g/mol. The summed E-state index contributed by atoms with van der Waals surface area (Å²) < 4.78 is 70.0. The van der Waals surface area contributed by atoms with Gasteiger partial charge in [0.1, 0.15) is 17.3 Å². The van der Waals surface area contributed by atoms with Crippen LogP contribution in [-0.2, 0) is 20.5 Å². The fraction of sp³-hybridized carbons (Fsp3) is 0.409. The Balaban J connectivity index is 1.59. The molecular weight excluding hydrogens is 445 g/mol. The molecule has 0 spiro atoms. The van der Waals surface area contributed by atoms with Crippen molar-refractivity contribution in [2.45, 2.75) is 30.6 Å². The molecule has 1 aliphatic carbocycles. The van der Waals surface area contributed by atoms with Crippen molar-refractivity contribution in [2.75, 3.05) is 19.4 Å². The summed E-state index contributed by atoms with van der Waals surface area (Å²) in [5.41, 5.74) is -2.36. The molecule has 2 N–H and O–H groups in total. The van der Waals surface area contributed by atoms with Crippen LogP contribution in [0.15, 0.2) is 42.5 Å². The molecule has 0 bridgehead atoms. The van der Waals surface area contributed by atoms with Crippen LogP contribution in [0, 0.1) is 17.6 Å². The van der Waals surface area contributed by atoms with Crippen molar-refractivity contribution in [1.82, 2.24) is 9.62 Å². The van der Waals surface area contributed by atoms with Crippen molar-refractivity contribution < 1.29 is 31.5 Å². The molecule has 1 saturated carbocycles. The zero-order valence-corrected chi connectivity index (χ0v) is 18.1. The molecule has 2 aliphatic rings. The van der Waals surface area contributed by atoms with Crippen molar-refractivity contribution in [1.29, 1.82) is 0 Å². The quantitative estimate of drug-likeness (QED) is 0.653. The van der Waals surface area contributed by atoms with Gasteiger partial charge in [0.25, 0.3) is 0 Å². The van der Waals surface area contributed by atoms with E-state index in [-0.39, 0.29) is 23.1 Å². The van der Waals surface area contributed by atoms with E-state index in [2.05, 4.69) is 4.72 Å². The number of likely N-dealkylation sites (tertiary alicyclic amines) is 1.